The van der Waals surface area contributed by atoms with Gasteiger partial charge in [-0.2, -0.15) is 0 Å². The maximum Gasteiger partial charge on any atom is 0.225 e. The predicted molar refractivity (Wildman–Crippen MR) is 217 cm³/mol. The Morgan fingerprint density at radius 1 is 0.731 bits per heavy atom. The third-order valence-electron chi connectivity index (χ3n) is 8.03. The van der Waals surface area contributed by atoms with Crippen LogP contribution in [0.5, 0.6) is 11.5 Å². The maximum atomic E-state index is 6.17. The van der Waals surface area contributed by atoms with E-state index in [0.717, 1.165) is 79.5 Å². The molecule has 0 unspecified atom stereocenters. The molecule has 4 heterocycles. The lowest BCUT2D eigenvalue weighted by Crippen LogP contribution is -2.47. The normalized spacial score (nSPS) is 13.9. The molecule has 2 aliphatic heterocycles. The largest absolute Gasteiger partial charge is 0.493 e. The molecule has 2 aromatic heterocycles. The number of hydrogen-bond donors (Lipinski definition) is 1. The van der Waals surface area contributed by atoms with Crippen molar-refractivity contribution in [2.45, 2.75) is 66.2 Å². The number of rotatable bonds is 10. The summed E-state index contributed by atoms with van der Waals surface area (Å²) in [5.74, 6) is 3.15. The number of nitrogens with zero attached hydrogens (tertiary/aromatic N) is 7. The van der Waals surface area contributed by atoms with Gasteiger partial charge in [0, 0.05) is 77.2 Å². The van der Waals surface area contributed by atoms with Crippen LogP contribution in [0.15, 0.2) is 61.2 Å². The number of nitrogens with one attached hydrogen (secondary N) is 1. The van der Waals surface area contributed by atoms with Crippen molar-refractivity contribution < 1.29 is 14.2 Å². The van der Waals surface area contributed by atoms with E-state index < -0.39 is 0 Å². The molecule has 0 aliphatic carbocycles. The van der Waals surface area contributed by atoms with Crippen molar-refractivity contribution in [3.05, 3.63) is 72.3 Å². The summed E-state index contributed by atoms with van der Waals surface area (Å²) >= 11 is 0. The summed E-state index contributed by atoms with van der Waals surface area (Å²) in [6.45, 7) is 15.7. The fourth-order valence-electron chi connectivity index (χ4n) is 5.78. The number of fused-ring (bicyclic) bond motifs is 1. The van der Waals surface area contributed by atoms with Crippen LogP contribution in [0.1, 0.15) is 70.9 Å². The van der Waals surface area contributed by atoms with Gasteiger partial charge >= 0.3 is 0 Å². The fourth-order valence-corrected chi connectivity index (χ4v) is 5.78. The molecule has 52 heavy (non-hydrogen) atoms. The summed E-state index contributed by atoms with van der Waals surface area (Å²) in [6, 6.07) is 14.4. The molecule has 0 bridgehead atoms. The van der Waals surface area contributed by atoms with Gasteiger partial charge in [-0.3, -0.25) is 0 Å². The van der Waals surface area contributed by atoms with E-state index in [1.807, 2.05) is 58.5 Å². The third kappa shape index (κ3) is 14.9. The molecular weight excluding hydrogens is 653 g/mol. The van der Waals surface area contributed by atoms with E-state index in [0.29, 0.717) is 12.4 Å². The van der Waals surface area contributed by atoms with E-state index in [-0.39, 0.29) is 0 Å². The van der Waals surface area contributed by atoms with Gasteiger partial charge in [0.25, 0.3) is 0 Å². The zero-order valence-electron chi connectivity index (χ0n) is 33.5. The second-order valence-corrected chi connectivity index (χ2v) is 12.5. The van der Waals surface area contributed by atoms with Gasteiger partial charge in [-0.1, -0.05) is 70.9 Å². The van der Waals surface area contributed by atoms with Crippen molar-refractivity contribution in [3.8, 4) is 11.5 Å². The summed E-state index contributed by atoms with van der Waals surface area (Å²) in [6.07, 6.45) is 12.6. The lowest BCUT2D eigenvalue weighted by atomic mass is 10.1. The molecule has 4 aromatic rings. The standard InChI is InChI=1S/C32H39N7O2.C3H8.C2H7N.C2H6O.C2H6/c1-40-29-20-27-28(21-30(29)41-18-8-13-37-11-6-3-7-12-37)35-24-36-31(27)38-14-16-39(17-15-38)32-33-22-26(23-34-32)19-25-9-4-2-5-10-25;3*1-3-2;1-2/h2,4-5,9-10,20-24H,3,6-8,11-19H2,1H3;3H2,1-2H3;3H,1-2H3;1-2H3;1-2H3. The quantitative estimate of drug-likeness (QED) is 0.169. The van der Waals surface area contributed by atoms with Gasteiger partial charge in [0.05, 0.1) is 19.2 Å². The first-order chi connectivity index (χ1) is 25.5. The lowest BCUT2D eigenvalue weighted by molar-refractivity contribution is 0.203. The molecule has 0 radical (unpaired) electrons. The number of anilines is 2. The maximum absolute atomic E-state index is 6.17. The van der Waals surface area contributed by atoms with Crippen molar-refractivity contribution in [2.24, 2.45) is 0 Å². The number of likely N-dealkylation sites (tertiary alicyclic amines) is 1. The van der Waals surface area contributed by atoms with Gasteiger partial charge in [0.2, 0.25) is 5.95 Å². The van der Waals surface area contributed by atoms with Crippen molar-refractivity contribution in [1.29, 1.82) is 0 Å². The lowest BCUT2D eigenvalue weighted by Gasteiger charge is -2.35. The van der Waals surface area contributed by atoms with Crippen LogP contribution in [0, 0.1) is 0 Å². The van der Waals surface area contributed by atoms with Crippen LogP contribution in [0.3, 0.4) is 0 Å². The minimum atomic E-state index is 0.660. The van der Waals surface area contributed by atoms with Crippen LogP contribution >= 0.6 is 0 Å². The molecule has 0 atom stereocenters. The van der Waals surface area contributed by atoms with E-state index in [1.54, 1.807) is 27.7 Å². The Balaban J connectivity index is 0.000000764. The first kappa shape index (κ1) is 44.1. The summed E-state index contributed by atoms with van der Waals surface area (Å²) in [7, 11) is 8.69. The molecule has 2 saturated heterocycles. The number of hydrogen-bond acceptors (Lipinski definition) is 11. The Bertz CT molecular complexity index is 1460. The predicted octanol–water partition coefficient (Wildman–Crippen LogP) is 7.14. The molecule has 2 fully saturated rings. The number of aromatic nitrogens is 4. The summed E-state index contributed by atoms with van der Waals surface area (Å²) in [4.78, 5) is 25.7. The van der Waals surface area contributed by atoms with E-state index in [9.17, 15) is 0 Å². The van der Waals surface area contributed by atoms with Gasteiger partial charge in [-0.05, 0) is 63.6 Å². The van der Waals surface area contributed by atoms with Crippen molar-refractivity contribution >= 4 is 22.7 Å². The number of piperidine rings is 1. The molecule has 288 valence electrons. The molecule has 2 aromatic carbocycles. The monoisotopic (exact) mass is 719 g/mol. The molecule has 0 amide bonds. The summed E-state index contributed by atoms with van der Waals surface area (Å²) in [5, 5.41) is 3.72. The molecule has 11 heteroatoms. The summed E-state index contributed by atoms with van der Waals surface area (Å²) < 4.78 is 16.2. The van der Waals surface area contributed by atoms with Crippen molar-refractivity contribution in [2.75, 3.05) is 97.6 Å². The number of ether oxygens (including phenoxy) is 3. The highest BCUT2D eigenvalue weighted by Crippen LogP contribution is 2.35. The molecule has 1 N–H and O–H groups in total. The minimum absolute atomic E-state index is 0.660. The van der Waals surface area contributed by atoms with Crippen LogP contribution in [0.25, 0.3) is 10.9 Å². The second kappa shape index (κ2) is 26.7. The number of methoxy groups -OCH3 is 2. The fraction of sp³-hybridized carbons (Fsp3) is 0.561. The molecule has 2 aliphatic rings. The van der Waals surface area contributed by atoms with Gasteiger partial charge < -0.3 is 34.2 Å². The molecule has 0 spiro atoms. The van der Waals surface area contributed by atoms with Gasteiger partial charge in [0.15, 0.2) is 11.5 Å². The Labute approximate surface area is 314 Å². The molecule has 6 rings (SSSR count). The van der Waals surface area contributed by atoms with E-state index in [4.69, 9.17) is 9.47 Å². The molecule has 0 saturated carbocycles. The van der Waals surface area contributed by atoms with Crippen LogP contribution in [0.4, 0.5) is 11.8 Å². The molecule has 11 nitrogen and oxygen atoms in total. The third-order valence-corrected chi connectivity index (χ3v) is 8.03. The van der Waals surface area contributed by atoms with Crippen molar-refractivity contribution in [3.63, 3.8) is 0 Å². The van der Waals surface area contributed by atoms with Crippen LogP contribution < -0.4 is 24.6 Å². The smallest absolute Gasteiger partial charge is 0.225 e. The summed E-state index contributed by atoms with van der Waals surface area (Å²) in [5.41, 5.74) is 3.24. The highest BCUT2D eigenvalue weighted by Gasteiger charge is 2.23. The van der Waals surface area contributed by atoms with E-state index in [1.165, 1.54) is 44.3 Å². The van der Waals surface area contributed by atoms with E-state index >= 15 is 0 Å². The zero-order valence-corrected chi connectivity index (χ0v) is 33.5. The van der Waals surface area contributed by atoms with Crippen LogP contribution in [-0.2, 0) is 11.2 Å². The highest BCUT2D eigenvalue weighted by atomic mass is 16.5. The first-order valence-electron chi connectivity index (χ1n) is 19.0. The van der Waals surface area contributed by atoms with E-state index in [2.05, 4.69) is 82.8 Å². The topological polar surface area (TPSA) is 101 Å². The second-order valence-electron chi connectivity index (χ2n) is 12.5. The van der Waals surface area contributed by atoms with Crippen molar-refractivity contribution in [1.82, 2.24) is 30.2 Å². The van der Waals surface area contributed by atoms with Gasteiger partial charge in [-0.15, -0.1) is 0 Å². The Kier molecular flexibility index (Phi) is 22.6. The highest BCUT2D eigenvalue weighted by molar-refractivity contribution is 5.92. The average molecular weight is 719 g/mol. The molecular formula is C41H66N8O3. The Hall–Kier alpha value is -4.06. The Morgan fingerprint density at radius 2 is 1.33 bits per heavy atom. The first-order valence-corrected chi connectivity index (χ1v) is 19.0. The number of piperazine rings is 1. The minimum Gasteiger partial charge on any atom is -0.493 e. The zero-order chi connectivity index (χ0) is 38.0. The van der Waals surface area contributed by atoms with Gasteiger partial charge in [0.1, 0.15) is 12.1 Å². The SMILES string of the molecule is CC.CCC.CNC.COC.COc1cc2c(N3CCN(c4ncc(Cc5ccccc5)cn4)CC3)ncnc2cc1OCCCN1CCCCC1. The van der Waals surface area contributed by atoms with Crippen LogP contribution in [0.2, 0.25) is 0 Å². The Morgan fingerprint density at radius 3 is 1.92 bits per heavy atom. The number of benzene rings is 2. The average Bonchev–Trinajstić information content (AvgIpc) is 3.19. The van der Waals surface area contributed by atoms with Gasteiger partial charge in [-0.25, -0.2) is 19.9 Å². The van der Waals surface area contributed by atoms with Crippen LogP contribution in [-0.4, -0.2) is 113 Å².